The molecule has 0 spiro atoms. The number of hydrogen-bond donors (Lipinski definition) is 2. The summed E-state index contributed by atoms with van der Waals surface area (Å²) in [6.07, 6.45) is 0. The lowest BCUT2D eigenvalue weighted by Crippen LogP contribution is -2.38. The zero-order chi connectivity index (χ0) is 19.2. The number of hydrogen-bond acceptors (Lipinski definition) is 5. The summed E-state index contributed by atoms with van der Waals surface area (Å²) in [7, 11) is 3.51. The van der Waals surface area contributed by atoms with Gasteiger partial charge in [-0.1, -0.05) is 12.1 Å². The van der Waals surface area contributed by atoms with E-state index in [9.17, 15) is 5.11 Å². The molecule has 2 aromatic rings. The van der Waals surface area contributed by atoms with Gasteiger partial charge in [-0.15, -0.1) is 0 Å². The second kappa shape index (κ2) is 8.53. The molecule has 1 heterocycles. The number of nitrogens with one attached hydrogen (secondary N) is 1. The molecular formula is C20H25N3O4. The number of benzene rings is 2. The van der Waals surface area contributed by atoms with Gasteiger partial charge in [-0.2, -0.15) is 0 Å². The standard InChI is InChI=1S/C20H25N3O4/c1-4-21-20(22-11-14-5-7-17(25-3)16(24)9-14)23(2)12-15-6-8-18-19(10-15)27-13-26-18/h5-10,24H,4,11-13H2,1-3H3,(H,21,22). The molecule has 0 atom stereocenters. The van der Waals surface area contributed by atoms with Gasteiger partial charge in [-0.25, -0.2) is 4.99 Å². The van der Waals surface area contributed by atoms with Gasteiger partial charge >= 0.3 is 0 Å². The fraction of sp³-hybridized carbons (Fsp3) is 0.350. The highest BCUT2D eigenvalue weighted by Gasteiger charge is 2.14. The van der Waals surface area contributed by atoms with E-state index in [-0.39, 0.29) is 12.5 Å². The summed E-state index contributed by atoms with van der Waals surface area (Å²) in [5.41, 5.74) is 2.01. The number of aromatic hydroxyl groups is 1. The summed E-state index contributed by atoms with van der Waals surface area (Å²) < 4.78 is 15.9. The van der Waals surface area contributed by atoms with Crippen LogP contribution in [0.1, 0.15) is 18.1 Å². The molecule has 0 aliphatic carbocycles. The molecule has 1 aliphatic heterocycles. The van der Waals surface area contributed by atoms with Gasteiger partial charge in [-0.3, -0.25) is 0 Å². The van der Waals surface area contributed by atoms with Gasteiger partial charge in [0.05, 0.1) is 13.7 Å². The second-order valence-corrected chi connectivity index (χ2v) is 6.22. The number of fused-ring (bicyclic) bond motifs is 1. The average Bonchev–Trinajstić information content (AvgIpc) is 3.13. The molecule has 0 fully saturated rings. The van der Waals surface area contributed by atoms with Crippen molar-refractivity contribution in [2.75, 3.05) is 27.5 Å². The third-order valence-corrected chi connectivity index (χ3v) is 4.21. The molecule has 0 radical (unpaired) electrons. The number of ether oxygens (including phenoxy) is 3. The van der Waals surface area contributed by atoms with Crippen LogP contribution in [0.25, 0.3) is 0 Å². The predicted molar refractivity (Wildman–Crippen MR) is 104 cm³/mol. The van der Waals surface area contributed by atoms with Crippen LogP contribution in [-0.4, -0.2) is 43.5 Å². The van der Waals surface area contributed by atoms with Crippen molar-refractivity contribution >= 4 is 5.96 Å². The molecule has 1 aliphatic rings. The number of nitrogens with zero attached hydrogens (tertiary/aromatic N) is 2. The first-order valence-electron chi connectivity index (χ1n) is 8.84. The van der Waals surface area contributed by atoms with Crippen LogP contribution in [0.15, 0.2) is 41.4 Å². The Hall–Kier alpha value is -3.09. The SMILES string of the molecule is CCNC(=NCc1ccc(OC)c(O)c1)N(C)Cc1ccc2c(c1)OCO2. The Morgan fingerprint density at radius 3 is 2.70 bits per heavy atom. The third kappa shape index (κ3) is 4.55. The van der Waals surface area contributed by atoms with E-state index in [1.165, 1.54) is 7.11 Å². The molecule has 7 nitrogen and oxygen atoms in total. The van der Waals surface area contributed by atoms with Gasteiger partial charge in [-0.05, 0) is 42.3 Å². The topological polar surface area (TPSA) is 75.6 Å². The van der Waals surface area contributed by atoms with Gasteiger partial charge in [0, 0.05) is 20.1 Å². The van der Waals surface area contributed by atoms with E-state index in [1.807, 2.05) is 43.1 Å². The average molecular weight is 371 g/mol. The van der Waals surface area contributed by atoms with E-state index in [0.29, 0.717) is 18.8 Å². The lowest BCUT2D eigenvalue weighted by atomic mass is 10.2. The van der Waals surface area contributed by atoms with Crippen LogP contribution in [0, 0.1) is 0 Å². The molecule has 0 amide bonds. The van der Waals surface area contributed by atoms with E-state index in [1.54, 1.807) is 12.1 Å². The zero-order valence-electron chi connectivity index (χ0n) is 15.9. The van der Waals surface area contributed by atoms with E-state index >= 15 is 0 Å². The smallest absolute Gasteiger partial charge is 0.231 e. The molecule has 2 aromatic carbocycles. The summed E-state index contributed by atoms with van der Waals surface area (Å²) in [5, 5.41) is 13.2. The van der Waals surface area contributed by atoms with Crippen LogP contribution in [-0.2, 0) is 13.1 Å². The Morgan fingerprint density at radius 2 is 1.96 bits per heavy atom. The minimum Gasteiger partial charge on any atom is -0.504 e. The molecular weight excluding hydrogens is 346 g/mol. The van der Waals surface area contributed by atoms with Gasteiger partial charge < -0.3 is 29.5 Å². The van der Waals surface area contributed by atoms with Crippen molar-refractivity contribution in [2.45, 2.75) is 20.0 Å². The molecule has 144 valence electrons. The van der Waals surface area contributed by atoms with Crippen molar-refractivity contribution in [2.24, 2.45) is 4.99 Å². The van der Waals surface area contributed by atoms with Gasteiger partial charge in [0.25, 0.3) is 0 Å². The quantitative estimate of drug-likeness (QED) is 0.601. The number of phenolic OH excluding ortho intramolecular Hbond substituents is 1. The van der Waals surface area contributed by atoms with E-state index in [4.69, 9.17) is 14.2 Å². The maximum absolute atomic E-state index is 9.92. The summed E-state index contributed by atoms with van der Waals surface area (Å²) >= 11 is 0. The van der Waals surface area contributed by atoms with Crippen molar-refractivity contribution in [3.05, 3.63) is 47.5 Å². The normalized spacial score (nSPS) is 12.8. The van der Waals surface area contributed by atoms with E-state index in [2.05, 4.69) is 10.3 Å². The van der Waals surface area contributed by atoms with Gasteiger partial charge in [0.15, 0.2) is 29.0 Å². The molecule has 0 aromatic heterocycles. The van der Waals surface area contributed by atoms with Crippen molar-refractivity contribution in [1.29, 1.82) is 0 Å². The highest BCUT2D eigenvalue weighted by Crippen LogP contribution is 2.32. The summed E-state index contributed by atoms with van der Waals surface area (Å²) in [4.78, 5) is 6.72. The molecule has 0 saturated heterocycles. The lowest BCUT2D eigenvalue weighted by Gasteiger charge is -2.22. The van der Waals surface area contributed by atoms with Crippen molar-refractivity contribution < 1.29 is 19.3 Å². The number of phenols is 1. The van der Waals surface area contributed by atoms with Crippen LogP contribution >= 0.6 is 0 Å². The summed E-state index contributed by atoms with van der Waals surface area (Å²) in [6, 6.07) is 11.2. The minimum atomic E-state index is 0.115. The molecule has 7 heteroatoms. The van der Waals surface area contributed by atoms with Crippen LogP contribution in [0.4, 0.5) is 0 Å². The second-order valence-electron chi connectivity index (χ2n) is 6.22. The van der Waals surface area contributed by atoms with Crippen LogP contribution in [0.3, 0.4) is 0 Å². The minimum absolute atomic E-state index is 0.115. The van der Waals surface area contributed by atoms with Gasteiger partial charge in [0.1, 0.15) is 0 Å². The number of rotatable bonds is 6. The summed E-state index contributed by atoms with van der Waals surface area (Å²) in [5.74, 6) is 2.90. The van der Waals surface area contributed by atoms with Crippen molar-refractivity contribution in [3.63, 3.8) is 0 Å². The fourth-order valence-electron chi connectivity index (χ4n) is 2.86. The fourth-order valence-corrected chi connectivity index (χ4v) is 2.86. The molecule has 0 unspecified atom stereocenters. The largest absolute Gasteiger partial charge is 0.504 e. The predicted octanol–water partition coefficient (Wildman–Crippen LogP) is 2.73. The van der Waals surface area contributed by atoms with E-state index in [0.717, 1.165) is 35.1 Å². The molecule has 3 rings (SSSR count). The van der Waals surface area contributed by atoms with Gasteiger partial charge in [0.2, 0.25) is 6.79 Å². The number of guanidine groups is 1. The number of methoxy groups -OCH3 is 1. The Labute approximate surface area is 159 Å². The maximum atomic E-state index is 9.92. The van der Waals surface area contributed by atoms with E-state index < -0.39 is 0 Å². The highest BCUT2D eigenvalue weighted by atomic mass is 16.7. The zero-order valence-corrected chi connectivity index (χ0v) is 15.9. The van der Waals surface area contributed by atoms with Crippen LogP contribution in [0.5, 0.6) is 23.0 Å². The maximum Gasteiger partial charge on any atom is 0.231 e. The number of aliphatic imine (C=N–C) groups is 1. The Morgan fingerprint density at radius 1 is 1.19 bits per heavy atom. The van der Waals surface area contributed by atoms with Crippen LogP contribution < -0.4 is 19.5 Å². The molecule has 27 heavy (non-hydrogen) atoms. The first kappa shape index (κ1) is 18.7. The highest BCUT2D eigenvalue weighted by molar-refractivity contribution is 5.79. The summed E-state index contributed by atoms with van der Waals surface area (Å²) in [6.45, 7) is 4.19. The van der Waals surface area contributed by atoms with Crippen molar-refractivity contribution in [1.82, 2.24) is 10.2 Å². The first-order valence-corrected chi connectivity index (χ1v) is 8.84. The monoisotopic (exact) mass is 371 g/mol. The third-order valence-electron chi connectivity index (χ3n) is 4.21. The molecule has 2 N–H and O–H groups in total. The first-order chi connectivity index (χ1) is 13.1. The van der Waals surface area contributed by atoms with Crippen molar-refractivity contribution in [3.8, 4) is 23.0 Å². The Bertz CT molecular complexity index is 823. The Kier molecular flexibility index (Phi) is 5.90. The Balaban J connectivity index is 1.69. The molecule has 0 bridgehead atoms. The lowest BCUT2D eigenvalue weighted by molar-refractivity contribution is 0.174. The van der Waals surface area contributed by atoms with Crippen LogP contribution in [0.2, 0.25) is 0 Å². The molecule has 0 saturated carbocycles.